The van der Waals surface area contributed by atoms with Crippen molar-refractivity contribution in [3.8, 4) is 6.07 Å². The van der Waals surface area contributed by atoms with Crippen molar-refractivity contribution in [1.29, 1.82) is 5.26 Å². The minimum absolute atomic E-state index is 0.241. The molecule has 0 aliphatic rings. The number of hydrogen-bond acceptors (Lipinski definition) is 3. The Labute approximate surface area is 90.7 Å². The van der Waals surface area contributed by atoms with Crippen molar-refractivity contribution in [2.75, 3.05) is 5.73 Å². The lowest BCUT2D eigenvalue weighted by Gasteiger charge is -2.01. The van der Waals surface area contributed by atoms with E-state index in [9.17, 15) is 0 Å². The number of rotatable bonds is 4. The zero-order valence-corrected chi connectivity index (χ0v) is 9.62. The van der Waals surface area contributed by atoms with Crippen LogP contribution in [0.3, 0.4) is 0 Å². The predicted molar refractivity (Wildman–Crippen MR) is 60.4 cm³/mol. The van der Waals surface area contributed by atoms with Crippen LogP contribution in [-0.2, 0) is 6.54 Å². The Balaban J connectivity index is 3.05. The number of hydrogen-bond donors (Lipinski definition) is 1. The first-order chi connectivity index (χ1) is 7.11. The maximum Gasteiger partial charge on any atom is 0.140 e. The van der Waals surface area contributed by atoms with Crippen LogP contribution in [0.4, 0.5) is 5.82 Å². The second kappa shape index (κ2) is 4.83. The molecular weight excluding hydrogens is 188 g/mol. The van der Waals surface area contributed by atoms with Crippen molar-refractivity contribution in [3.05, 3.63) is 11.3 Å². The average molecular weight is 206 g/mol. The second-order valence-corrected chi connectivity index (χ2v) is 3.99. The van der Waals surface area contributed by atoms with Crippen molar-refractivity contribution in [2.24, 2.45) is 0 Å². The highest BCUT2D eigenvalue weighted by Crippen LogP contribution is 2.23. The number of nitriles is 1. The molecule has 0 unspecified atom stereocenters. The molecule has 0 fully saturated rings. The van der Waals surface area contributed by atoms with Crippen molar-refractivity contribution in [3.63, 3.8) is 0 Å². The largest absolute Gasteiger partial charge is 0.383 e. The van der Waals surface area contributed by atoms with Crippen LogP contribution in [0.2, 0.25) is 0 Å². The normalized spacial score (nSPS) is 10.6. The smallest absolute Gasteiger partial charge is 0.140 e. The predicted octanol–water partition coefficient (Wildman–Crippen LogP) is 2.26. The minimum atomic E-state index is 0.241. The Morgan fingerprint density at radius 3 is 2.60 bits per heavy atom. The summed E-state index contributed by atoms with van der Waals surface area (Å²) in [5.74, 6) is 0.750. The van der Waals surface area contributed by atoms with E-state index in [0.717, 1.165) is 25.1 Å². The third-order valence-corrected chi connectivity index (χ3v) is 2.40. The molecule has 0 amide bonds. The fourth-order valence-corrected chi connectivity index (χ4v) is 1.49. The summed E-state index contributed by atoms with van der Waals surface area (Å²) in [5.41, 5.74) is 7.23. The quantitative estimate of drug-likeness (QED) is 0.821. The monoisotopic (exact) mass is 206 g/mol. The van der Waals surface area contributed by atoms with Gasteiger partial charge in [0.25, 0.3) is 0 Å². The lowest BCUT2D eigenvalue weighted by atomic mass is 10.1. The molecule has 2 N–H and O–H groups in total. The maximum atomic E-state index is 9.00. The molecule has 0 bridgehead atoms. The van der Waals surface area contributed by atoms with Gasteiger partial charge in [0.2, 0.25) is 0 Å². The Hall–Kier alpha value is -1.50. The van der Waals surface area contributed by atoms with Gasteiger partial charge in [-0.25, -0.2) is 4.68 Å². The SMILES string of the molecule is CCCCn1nc(C(C)C)c(C#N)c1N. The third-order valence-electron chi connectivity index (χ3n) is 2.40. The van der Waals surface area contributed by atoms with Crippen LogP contribution in [0.1, 0.15) is 50.8 Å². The van der Waals surface area contributed by atoms with E-state index in [-0.39, 0.29) is 5.92 Å². The molecule has 1 rings (SSSR count). The summed E-state index contributed by atoms with van der Waals surface area (Å²) in [4.78, 5) is 0. The topological polar surface area (TPSA) is 67.6 Å². The molecule has 0 saturated heterocycles. The van der Waals surface area contributed by atoms with Crippen LogP contribution in [-0.4, -0.2) is 9.78 Å². The zero-order chi connectivity index (χ0) is 11.4. The van der Waals surface area contributed by atoms with E-state index in [4.69, 9.17) is 11.0 Å². The number of nitrogens with two attached hydrogens (primary N) is 1. The van der Waals surface area contributed by atoms with Crippen molar-refractivity contribution >= 4 is 5.82 Å². The molecule has 82 valence electrons. The van der Waals surface area contributed by atoms with Crippen LogP contribution in [0.15, 0.2) is 0 Å². The molecule has 1 aromatic rings. The Morgan fingerprint density at radius 1 is 1.53 bits per heavy atom. The number of unbranched alkanes of at least 4 members (excludes halogenated alkanes) is 1. The van der Waals surface area contributed by atoms with Gasteiger partial charge in [0.15, 0.2) is 0 Å². The number of nitrogens with zero attached hydrogens (tertiary/aromatic N) is 3. The molecule has 1 heterocycles. The van der Waals surface area contributed by atoms with Gasteiger partial charge in [-0.1, -0.05) is 27.2 Å². The number of nitrogen functional groups attached to an aromatic ring is 1. The van der Waals surface area contributed by atoms with E-state index in [0.29, 0.717) is 11.4 Å². The summed E-state index contributed by atoms with van der Waals surface area (Å²) in [6.45, 7) is 6.96. The standard InChI is InChI=1S/C11H18N4/c1-4-5-6-15-11(13)9(7-12)10(14-15)8(2)3/h8H,4-6,13H2,1-3H3. The molecule has 4 heteroatoms. The summed E-state index contributed by atoms with van der Waals surface area (Å²) >= 11 is 0. The van der Waals surface area contributed by atoms with Crippen molar-refractivity contribution < 1.29 is 0 Å². The molecular formula is C11H18N4. The van der Waals surface area contributed by atoms with Gasteiger partial charge in [0, 0.05) is 6.54 Å². The molecule has 0 radical (unpaired) electrons. The summed E-state index contributed by atoms with van der Waals surface area (Å²) in [6.07, 6.45) is 2.13. The highest BCUT2D eigenvalue weighted by Gasteiger charge is 2.17. The molecule has 0 spiro atoms. The summed E-state index contributed by atoms with van der Waals surface area (Å²) in [7, 11) is 0. The third kappa shape index (κ3) is 2.30. The van der Waals surface area contributed by atoms with E-state index in [1.807, 2.05) is 13.8 Å². The average Bonchev–Trinajstić information content (AvgIpc) is 2.52. The summed E-state index contributed by atoms with van der Waals surface area (Å²) < 4.78 is 1.75. The van der Waals surface area contributed by atoms with E-state index in [2.05, 4.69) is 18.1 Å². The van der Waals surface area contributed by atoms with Crippen molar-refractivity contribution in [2.45, 2.75) is 46.1 Å². The van der Waals surface area contributed by atoms with Gasteiger partial charge in [-0.05, 0) is 12.3 Å². The van der Waals surface area contributed by atoms with Gasteiger partial charge < -0.3 is 5.73 Å². The zero-order valence-electron chi connectivity index (χ0n) is 9.62. The molecule has 0 saturated carbocycles. The number of aryl methyl sites for hydroxylation is 1. The summed E-state index contributed by atoms with van der Waals surface area (Å²) in [5, 5.41) is 13.4. The number of anilines is 1. The molecule has 0 atom stereocenters. The first-order valence-electron chi connectivity index (χ1n) is 5.38. The highest BCUT2D eigenvalue weighted by molar-refractivity contribution is 5.52. The van der Waals surface area contributed by atoms with Gasteiger partial charge in [0.05, 0.1) is 5.69 Å². The Bertz CT molecular complexity index is 371. The van der Waals surface area contributed by atoms with E-state index in [1.54, 1.807) is 4.68 Å². The second-order valence-electron chi connectivity index (χ2n) is 3.99. The molecule has 0 aliphatic carbocycles. The lowest BCUT2D eigenvalue weighted by molar-refractivity contribution is 0.567. The van der Waals surface area contributed by atoms with Gasteiger partial charge in [-0.15, -0.1) is 0 Å². The first-order valence-corrected chi connectivity index (χ1v) is 5.38. The maximum absolute atomic E-state index is 9.00. The number of aromatic nitrogens is 2. The van der Waals surface area contributed by atoms with E-state index >= 15 is 0 Å². The van der Waals surface area contributed by atoms with Crippen LogP contribution in [0.5, 0.6) is 0 Å². The highest BCUT2D eigenvalue weighted by atomic mass is 15.3. The minimum Gasteiger partial charge on any atom is -0.383 e. The fourth-order valence-electron chi connectivity index (χ4n) is 1.49. The van der Waals surface area contributed by atoms with Crippen LogP contribution in [0.25, 0.3) is 0 Å². The Kier molecular flexibility index (Phi) is 3.73. The van der Waals surface area contributed by atoms with Crippen LogP contribution >= 0.6 is 0 Å². The van der Waals surface area contributed by atoms with E-state index < -0.39 is 0 Å². The van der Waals surface area contributed by atoms with Gasteiger partial charge >= 0.3 is 0 Å². The van der Waals surface area contributed by atoms with E-state index in [1.165, 1.54) is 0 Å². The fraction of sp³-hybridized carbons (Fsp3) is 0.636. The molecule has 1 aromatic heterocycles. The van der Waals surface area contributed by atoms with Gasteiger partial charge in [-0.2, -0.15) is 10.4 Å². The lowest BCUT2D eigenvalue weighted by Crippen LogP contribution is -2.05. The first kappa shape index (κ1) is 11.6. The van der Waals surface area contributed by atoms with Crippen molar-refractivity contribution in [1.82, 2.24) is 9.78 Å². The molecule has 15 heavy (non-hydrogen) atoms. The Morgan fingerprint density at radius 2 is 2.20 bits per heavy atom. The molecule has 4 nitrogen and oxygen atoms in total. The summed E-state index contributed by atoms with van der Waals surface area (Å²) in [6, 6.07) is 2.13. The van der Waals surface area contributed by atoms with Gasteiger partial charge in [0.1, 0.15) is 17.5 Å². The van der Waals surface area contributed by atoms with Crippen LogP contribution in [0, 0.1) is 11.3 Å². The van der Waals surface area contributed by atoms with Gasteiger partial charge in [-0.3, -0.25) is 0 Å². The molecule has 0 aliphatic heterocycles. The molecule has 0 aromatic carbocycles. The van der Waals surface area contributed by atoms with Crippen LogP contribution < -0.4 is 5.73 Å².